The Morgan fingerprint density at radius 3 is 2.67 bits per heavy atom. The lowest BCUT2D eigenvalue weighted by Crippen LogP contribution is -2.07. The molecule has 3 rings (SSSR count). The molecule has 27 heavy (non-hydrogen) atoms. The molecule has 0 saturated carbocycles. The van der Waals surface area contributed by atoms with Crippen LogP contribution in [0.25, 0.3) is 0 Å². The Labute approximate surface area is 164 Å². The fourth-order valence-corrected chi connectivity index (χ4v) is 4.37. The maximum atomic E-state index is 14.1. The summed E-state index contributed by atoms with van der Waals surface area (Å²) in [4.78, 5) is 4.89. The number of fused-ring (bicyclic) bond motifs is 1. The summed E-state index contributed by atoms with van der Waals surface area (Å²) in [6.07, 6.45) is 13.1. The van der Waals surface area contributed by atoms with E-state index >= 15 is 0 Å². The minimum Gasteiger partial charge on any atom is -0.258 e. The molecule has 1 aromatic carbocycles. The maximum Gasteiger partial charge on any atom is 0.126 e. The zero-order valence-electron chi connectivity index (χ0n) is 17.1. The van der Waals surface area contributed by atoms with Crippen LogP contribution in [-0.4, -0.2) is 4.98 Å². The van der Waals surface area contributed by atoms with Gasteiger partial charge in [-0.05, 0) is 87.5 Å². The van der Waals surface area contributed by atoms with Crippen LogP contribution < -0.4 is 0 Å². The molecule has 1 atom stereocenters. The highest BCUT2D eigenvalue weighted by molar-refractivity contribution is 5.27. The van der Waals surface area contributed by atoms with E-state index in [1.54, 1.807) is 6.07 Å². The van der Waals surface area contributed by atoms with Gasteiger partial charge in [-0.3, -0.25) is 4.98 Å². The van der Waals surface area contributed by atoms with Crippen LogP contribution in [0.4, 0.5) is 4.39 Å². The first-order valence-electron chi connectivity index (χ1n) is 10.9. The third kappa shape index (κ3) is 5.64. The van der Waals surface area contributed by atoms with Gasteiger partial charge in [0, 0.05) is 11.4 Å². The van der Waals surface area contributed by atoms with Crippen molar-refractivity contribution in [3.05, 3.63) is 64.2 Å². The van der Waals surface area contributed by atoms with Crippen molar-refractivity contribution in [1.82, 2.24) is 4.98 Å². The van der Waals surface area contributed by atoms with Crippen LogP contribution in [0.2, 0.25) is 0 Å². The number of aryl methyl sites for hydroxylation is 4. The number of rotatable bonds is 9. The minimum atomic E-state index is -0.0362. The average molecular weight is 368 g/mol. The average Bonchev–Trinajstić information content (AvgIpc) is 2.69. The third-order valence-corrected chi connectivity index (χ3v) is 6.06. The largest absolute Gasteiger partial charge is 0.258 e. The topological polar surface area (TPSA) is 12.9 Å². The summed E-state index contributed by atoms with van der Waals surface area (Å²) in [6, 6.07) is 10.1. The van der Waals surface area contributed by atoms with E-state index in [2.05, 4.69) is 19.1 Å². The molecule has 0 radical (unpaired) electrons. The second-order valence-electron chi connectivity index (χ2n) is 8.20. The number of pyridine rings is 1. The summed E-state index contributed by atoms with van der Waals surface area (Å²) in [6.45, 7) is 4.22. The Morgan fingerprint density at radius 2 is 1.81 bits per heavy atom. The van der Waals surface area contributed by atoms with Crippen LogP contribution in [-0.2, 0) is 19.3 Å². The summed E-state index contributed by atoms with van der Waals surface area (Å²) in [5, 5.41) is 0. The van der Waals surface area contributed by atoms with Crippen molar-refractivity contribution in [2.45, 2.75) is 90.4 Å². The standard InChI is InChI=1S/C25H34FN/c1-3-20(23-18-19(2)14-17-24(23)26)10-6-4-5-7-12-22-16-15-21-11-8-9-13-25(21)27-22/h14-18,20H,3-13H2,1-2H3/t20-/m1/s1. The first kappa shape index (κ1) is 20.0. The van der Waals surface area contributed by atoms with E-state index in [0.717, 1.165) is 36.8 Å². The minimum absolute atomic E-state index is 0.0362. The van der Waals surface area contributed by atoms with Crippen LogP contribution in [0, 0.1) is 12.7 Å². The highest BCUT2D eigenvalue weighted by Crippen LogP contribution is 2.29. The SMILES string of the molecule is CC[C@H](CCCCCCc1ccc2c(n1)CCCC2)c1cc(C)ccc1F. The van der Waals surface area contributed by atoms with Crippen molar-refractivity contribution in [2.24, 2.45) is 0 Å². The third-order valence-electron chi connectivity index (χ3n) is 6.06. The van der Waals surface area contributed by atoms with E-state index in [0.29, 0.717) is 5.92 Å². The van der Waals surface area contributed by atoms with Gasteiger partial charge in [-0.1, -0.05) is 49.9 Å². The lowest BCUT2D eigenvalue weighted by atomic mass is 9.89. The van der Waals surface area contributed by atoms with E-state index in [1.165, 1.54) is 61.9 Å². The van der Waals surface area contributed by atoms with Crippen LogP contribution in [0.3, 0.4) is 0 Å². The molecule has 0 bridgehead atoms. The summed E-state index contributed by atoms with van der Waals surface area (Å²) in [5.74, 6) is 0.318. The van der Waals surface area contributed by atoms with Crippen molar-refractivity contribution in [3.8, 4) is 0 Å². The van der Waals surface area contributed by atoms with Crippen molar-refractivity contribution in [1.29, 1.82) is 0 Å². The first-order valence-corrected chi connectivity index (χ1v) is 10.9. The Balaban J connectivity index is 1.39. The van der Waals surface area contributed by atoms with Gasteiger partial charge in [-0.25, -0.2) is 4.39 Å². The number of nitrogens with zero attached hydrogens (tertiary/aromatic N) is 1. The number of hydrogen-bond donors (Lipinski definition) is 0. The second kappa shape index (κ2) is 10.0. The lowest BCUT2D eigenvalue weighted by Gasteiger charge is -2.17. The van der Waals surface area contributed by atoms with Gasteiger partial charge in [0.1, 0.15) is 5.82 Å². The number of aromatic nitrogens is 1. The number of benzene rings is 1. The quantitative estimate of drug-likeness (QED) is 0.431. The molecule has 0 fully saturated rings. The van der Waals surface area contributed by atoms with Gasteiger partial charge in [0.15, 0.2) is 0 Å². The zero-order chi connectivity index (χ0) is 19.1. The summed E-state index contributed by atoms with van der Waals surface area (Å²) < 4.78 is 14.1. The molecule has 0 aliphatic heterocycles. The molecule has 0 amide bonds. The van der Waals surface area contributed by atoms with E-state index in [9.17, 15) is 4.39 Å². The van der Waals surface area contributed by atoms with Gasteiger partial charge in [-0.2, -0.15) is 0 Å². The molecule has 0 saturated heterocycles. The molecule has 1 aliphatic rings. The van der Waals surface area contributed by atoms with Gasteiger partial charge in [-0.15, -0.1) is 0 Å². The molecule has 1 aliphatic carbocycles. The Morgan fingerprint density at radius 1 is 1.00 bits per heavy atom. The van der Waals surface area contributed by atoms with Gasteiger partial charge in [0.25, 0.3) is 0 Å². The van der Waals surface area contributed by atoms with E-state index in [4.69, 9.17) is 4.98 Å². The monoisotopic (exact) mass is 367 g/mol. The number of halogens is 1. The first-order chi connectivity index (χ1) is 13.2. The number of hydrogen-bond acceptors (Lipinski definition) is 1. The molecule has 1 nitrogen and oxygen atoms in total. The fraction of sp³-hybridized carbons (Fsp3) is 0.560. The molecule has 2 aromatic rings. The van der Waals surface area contributed by atoms with Gasteiger partial charge < -0.3 is 0 Å². The molecular weight excluding hydrogens is 333 g/mol. The maximum absolute atomic E-state index is 14.1. The lowest BCUT2D eigenvalue weighted by molar-refractivity contribution is 0.509. The Bertz CT molecular complexity index is 737. The predicted octanol–water partition coefficient (Wildman–Crippen LogP) is 7.09. The zero-order valence-corrected chi connectivity index (χ0v) is 17.1. The molecule has 2 heteroatoms. The van der Waals surface area contributed by atoms with E-state index < -0.39 is 0 Å². The van der Waals surface area contributed by atoms with Crippen molar-refractivity contribution in [3.63, 3.8) is 0 Å². The highest BCUT2D eigenvalue weighted by Gasteiger charge is 2.14. The van der Waals surface area contributed by atoms with Crippen molar-refractivity contribution in [2.75, 3.05) is 0 Å². The highest BCUT2D eigenvalue weighted by atomic mass is 19.1. The van der Waals surface area contributed by atoms with Crippen LogP contribution in [0.15, 0.2) is 30.3 Å². The van der Waals surface area contributed by atoms with Crippen LogP contribution >= 0.6 is 0 Å². The fourth-order valence-electron chi connectivity index (χ4n) is 4.37. The molecule has 0 N–H and O–H groups in total. The molecule has 0 spiro atoms. The van der Waals surface area contributed by atoms with Gasteiger partial charge in [0.2, 0.25) is 0 Å². The van der Waals surface area contributed by atoms with Crippen LogP contribution in [0.5, 0.6) is 0 Å². The second-order valence-corrected chi connectivity index (χ2v) is 8.20. The molecular formula is C25H34FN. The summed E-state index contributed by atoms with van der Waals surface area (Å²) in [5.41, 5.74) is 6.16. The number of unbranched alkanes of at least 4 members (excludes halogenated alkanes) is 3. The predicted molar refractivity (Wildman–Crippen MR) is 112 cm³/mol. The van der Waals surface area contributed by atoms with Crippen molar-refractivity contribution >= 4 is 0 Å². The molecule has 1 heterocycles. The normalized spacial score (nSPS) is 14.8. The molecule has 146 valence electrons. The molecule has 1 aromatic heterocycles. The summed E-state index contributed by atoms with van der Waals surface area (Å²) >= 11 is 0. The van der Waals surface area contributed by atoms with Gasteiger partial charge >= 0.3 is 0 Å². The van der Waals surface area contributed by atoms with E-state index in [-0.39, 0.29) is 5.82 Å². The van der Waals surface area contributed by atoms with Gasteiger partial charge in [0.05, 0.1) is 0 Å². The van der Waals surface area contributed by atoms with Crippen molar-refractivity contribution < 1.29 is 4.39 Å². The van der Waals surface area contributed by atoms with Crippen LogP contribution in [0.1, 0.15) is 92.3 Å². The Kier molecular flexibility index (Phi) is 7.43. The smallest absolute Gasteiger partial charge is 0.126 e. The Hall–Kier alpha value is -1.70. The molecule has 0 unspecified atom stereocenters. The van der Waals surface area contributed by atoms with E-state index in [1.807, 2.05) is 19.1 Å². The summed E-state index contributed by atoms with van der Waals surface area (Å²) in [7, 11) is 0.